The number of halogens is 15. The Hall–Kier alpha value is 2.23. The largest absolute Gasteiger partial charge is 0.145 e. The molecule has 34 heavy (non-hydrogen) atoms. The van der Waals surface area contributed by atoms with Crippen molar-refractivity contribution in [3.05, 3.63) is 75.3 Å². The van der Waals surface area contributed by atoms with Gasteiger partial charge in [0.2, 0.25) is 0 Å². The summed E-state index contributed by atoms with van der Waals surface area (Å²) in [4.78, 5) is 0. The van der Waals surface area contributed by atoms with Gasteiger partial charge in [-0.3, -0.25) is 0 Å². The van der Waals surface area contributed by atoms with Crippen LogP contribution in [0.15, 0.2) is 0 Å². The maximum atomic E-state index is 6.62. The number of benzene rings is 3. The van der Waals surface area contributed by atoms with E-state index in [1.807, 2.05) is 0 Å². The van der Waals surface area contributed by atoms with Crippen LogP contribution < -0.4 is 15.6 Å². The van der Waals surface area contributed by atoms with Gasteiger partial charge in [-0.05, 0) is 15.6 Å². The molecule has 0 atom stereocenters. The predicted molar refractivity (Wildman–Crippen MR) is 161 cm³/mol. The summed E-state index contributed by atoms with van der Waals surface area (Å²) in [6.45, 7) is 0. The highest BCUT2D eigenvalue weighted by atomic mass is 35.5. The van der Waals surface area contributed by atoms with Crippen LogP contribution >= 0.6 is 174 Å². The first kappa shape index (κ1) is 30.8. The summed E-state index contributed by atoms with van der Waals surface area (Å²) in [6, 6.07) is 0. The van der Waals surface area contributed by atoms with Crippen molar-refractivity contribution in [1.82, 2.24) is 0 Å². The summed E-state index contributed by atoms with van der Waals surface area (Å²) in [6.07, 6.45) is 0. The second-order valence-corrected chi connectivity index (χ2v) is 14.7. The maximum absolute atomic E-state index is 6.62. The van der Waals surface area contributed by atoms with Gasteiger partial charge in [0.15, 0.2) is 0 Å². The van der Waals surface area contributed by atoms with Gasteiger partial charge in [-0.15, -0.1) is 0 Å². The Balaban J connectivity index is 2.68. The van der Waals surface area contributed by atoms with Crippen molar-refractivity contribution in [2.75, 3.05) is 0 Å². The van der Waals surface area contributed by atoms with Gasteiger partial charge in [0.1, 0.15) is 8.80 Å². The van der Waals surface area contributed by atoms with E-state index in [0.29, 0.717) is 0 Å². The van der Waals surface area contributed by atoms with Gasteiger partial charge < -0.3 is 0 Å². The second-order valence-electron chi connectivity index (χ2n) is 6.38. The van der Waals surface area contributed by atoms with Crippen molar-refractivity contribution in [3.63, 3.8) is 0 Å². The first-order chi connectivity index (χ1) is 15.7. The first-order valence-corrected chi connectivity index (χ1v) is 15.6. The van der Waals surface area contributed by atoms with E-state index in [4.69, 9.17) is 174 Å². The van der Waals surface area contributed by atoms with Gasteiger partial charge in [-0.1, -0.05) is 174 Å². The monoisotopic (exact) mass is 770 g/mol. The molecule has 16 heteroatoms. The van der Waals surface area contributed by atoms with Crippen molar-refractivity contribution < 1.29 is 0 Å². The molecule has 0 amide bonds. The zero-order valence-electron chi connectivity index (χ0n) is 15.2. The molecule has 0 aliphatic rings. The highest BCUT2D eigenvalue weighted by Crippen LogP contribution is 2.44. The lowest BCUT2D eigenvalue weighted by molar-refractivity contribution is 1.69. The van der Waals surface area contributed by atoms with Crippen LogP contribution in [0.5, 0.6) is 0 Å². The van der Waals surface area contributed by atoms with E-state index in [0.717, 1.165) is 0 Å². The Morgan fingerprint density at radius 3 is 0.471 bits per heavy atom. The second kappa shape index (κ2) is 11.8. The molecule has 0 aromatic heterocycles. The minimum atomic E-state index is -3.25. The van der Waals surface area contributed by atoms with Gasteiger partial charge in [0.05, 0.1) is 75.3 Å². The SMILES string of the molecule is Clc1c(Cl)c(Cl)c([SiH](c2c(Cl)c(Cl)c(Cl)c(Cl)c2Cl)c2c(Cl)c(Cl)c(Cl)c(Cl)c2Cl)c(Cl)c1Cl. The average Bonchev–Trinajstić information content (AvgIpc) is 2.81. The fourth-order valence-electron chi connectivity index (χ4n) is 3.06. The lowest BCUT2D eigenvalue weighted by atomic mass is 10.3. The van der Waals surface area contributed by atoms with Crippen LogP contribution in [0.3, 0.4) is 0 Å². The molecule has 0 saturated heterocycles. The van der Waals surface area contributed by atoms with E-state index in [9.17, 15) is 0 Å². The van der Waals surface area contributed by atoms with Gasteiger partial charge in [-0.2, -0.15) is 0 Å². The molecule has 0 bridgehead atoms. The molecule has 3 rings (SSSR count). The van der Waals surface area contributed by atoms with E-state index in [-0.39, 0.29) is 90.9 Å². The molecule has 0 heterocycles. The molecule has 0 aliphatic carbocycles. The van der Waals surface area contributed by atoms with Crippen molar-refractivity contribution in [2.24, 2.45) is 0 Å². The van der Waals surface area contributed by atoms with E-state index in [1.54, 1.807) is 0 Å². The molecule has 0 aliphatic heterocycles. The van der Waals surface area contributed by atoms with Gasteiger partial charge in [-0.25, -0.2) is 0 Å². The number of hydrogen-bond donors (Lipinski definition) is 0. The molecule has 0 fully saturated rings. The molecular formula is C18HCl15Si. The topological polar surface area (TPSA) is 0 Å². The Bertz CT molecular complexity index is 1110. The van der Waals surface area contributed by atoms with Gasteiger partial charge in [0, 0.05) is 0 Å². The molecule has 0 unspecified atom stereocenters. The minimum absolute atomic E-state index is 0.0682. The summed E-state index contributed by atoms with van der Waals surface area (Å²) >= 11 is 96.4. The Morgan fingerprint density at radius 2 is 0.324 bits per heavy atom. The fraction of sp³-hybridized carbons (Fsp3) is 0. The highest BCUT2D eigenvalue weighted by molar-refractivity contribution is 7.02. The van der Waals surface area contributed by atoms with Gasteiger partial charge >= 0.3 is 0 Å². The zero-order chi connectivity index (χ0) is 26.0. The Morgan fingerprint density at radius 1 is 0.206 bits per heavy atom. The molecule has 182 valence electrons. The molecule has 0 saturated carbocycles. The Kier molecular flexibility index (Phi) is 10.6. The van der Waals surface area contributed by atoms with E-state index in [1.165, 1.54) is 0 Å². The third kappa shape index (κ3) is 5.08. The van der Waals surface area contributed by atoms with E-state index >= 15 is 0 Å². The third-order valence-electron chi connectivity index (χ3n) is 4.60. The van der Waals surface area contributed by atoms with Crippen LogP contribution in [0.25, 0.3) is 0 Å². The van der Waals surface area contributed by atoms with Crippen LogP contribution in [0.2, 0.25) is 75.3 Å². The van der Waals surface area contributed by atoms with Gasteiger partial charge in [0.25, 0.3) is 0 Å². The molecule has 3 aromatic rings. The smallest absolute Gasteiger partial charge is 0.0827 e. The maximum Gasteiger partial charge on any atom is 0.145 e. The standard InChI is InChI=1S/C18HCl15Si/c19-1-4(22)10(28)16(11(29)5(1)23)34(17-12(30)6(24)2(20)7(25)13(17)31)18-14(32)8(26)3(21)9(27)15(18)33/h34H. The fourth-order valence-corrected chi connectivity index (χ4v) is 12.3. The van der Waals surface area contributed by atoms with Crippen molar-refractivity contribution in [2.45, 2.75) is 0 Å². The summed E-state index contributed by atoms with van der Waals surface area (Å²) < 4.78 is 0. The van der Waals surface area contributed by atoms with E-state index in [2.05, 4.69) is 0 Å². The first-order valence-electron chi connectivity index (χ1n) is 8.20. The number of rotatable bonds is 3. The third-order valence-corrected chi connectivity index (χ3v) is 16.1. The molecular weight excluding hydrogens is 776 g/mol. The van der Waals surface area contributed by atoms with Crippen molar-refractivity contribution >= 4 is 198 Å². The summed E-state index contributed by atoms with van der Waals surface area (Å²) in [5.74, 6) is 0. The molecule has 3 aromatic carbocycles. The summed E-state index contributed by atoms with van der Waals surface area (Å²) in [5, 5.41) is -0.681. The van der Waals surface area contributed by atoms with Crippen molar-refractivity contribution in [1.29, 1.82) is 0 Å². The van der Waals surface area contributed by atoms with E-state index < -0.39 is 8.80 Å². The normalized spacial score (nSPS) is 11.6. The van der Waals surface area contributed by atoms with Crippen LogP contribution in [0, 0.1) is 0 Å². The zero-order valence-corrected chi connectivity index (χ0v) is 27.7. The molecule has 0 N–H and O–H groups in total. The average molecular weight is 777 g/mol. The minimum Gasteiger partial charge on any atom is -0.0827 e. The lowest BCUT2D eigenvalue weighted by Crippen LogP contribution is -2.55. The molecule has 0 nitrogen and oxygen atoms in total. The number of hydrogen-bond acceptors (Lipinski definition) is 0. The lowest BCUT2D eigenvalue weighted by Gasteiger charge is -2.27. The quantitative estimate of drug-likeness (QED) is 0.108. The van der Waals surface area contributed by atoms with Crippen LogP contribution in [0.1, 0.15) is 0 Å². The van der Waals surface area contributed by atoms with Crippen LogP contribution in [0.4, 0.5) is 0 Å². The predicted octanol–water partition coefficient (Wildman–Crippen LogP) is 11.7. The van der Waals surface area contributed by atoms with Crippen LogP contribution in [-0.4, -0.2) is 8.80 Å². The Labute approximate surface area is 270 Å². The van der Waals surface area contributed by atoms with Crippen molar-refractivity contribution in [3.8, 4) is 0 Å². The molecule has 0 spiro atoms. The summed E-state index contributed by atoms with van der Waals surface area (Å²) in [7, 11) is -3.25. The summed E-state index contributed by atoms with van der Waals surface area (Å²) in [5.41, 5.74) is 0. The highest BCUT2D eigenvalue weighted by Gasteiger charge is 2.38. The molecule has 0 radical (unpaired) electrons. The van der Waals surface area contributed by atoms with Crippen LogP contribution in [-0.2, 0) is 0 Å².